The van der Waals surface area contributed by atoms with Gasteiger partial charge in [-0.2, -0.15) is 9.97 Å². The van der Waals surface area contributed by atoms with E-state index in [4.69, 9.17) is 9.47 Å². The largest absolute Gasteiger partial charge is 0.464 e. The van der Waals surface area contributed by atoms with Gasteiger partial charge in [0.1, 0.15) is 23.0 Å². The molecular weight excluding hydrogens is 454 g/mol. The van der Waals surface area contributed by atoms with E-state index in [9.17, 15) is 4.39 Å². The molecule has 10 heteroatoms. The number of halogens is 2. The third-order valence-corrected chi connectivity index (χ3v) is 6.03. The van der Waals surface area contributed by atoms with Gasteiger partial charge in [0, 0.05) is 30.4 Å². The van der Waals surface area contributed by atoms with E-state index in [2.05, 4.69) is 24.8 Å². The fraction of sp³-hybridized carbons (Fsp3) is 0.360. The van der Waals surface area contributed by atoms with E-state index in [1.165, 1.54) is 18.3 Å². The molecule has 0 saturated carbocycles. The smallest absolute Gasteiger partial charge is 0.318 e. The van der Waals surface area contributed by atoms with Crippen molar-refractivity contribution in [2.75, 3.05) is 33.4 Å². The van der Waals surface area contributed by atoms with E-state index in [0.717, 1.165) is 18.3 Å². The first-order valence-corrected chi connectivity index (χ1v) is 11.5. The Morgan fingerprint density at radius 3 is 2.74 bits per heavy atom. The van der Waals surface area contributed by atoms with Gasteiger partial charge < -0.3 is 18.9 Å². The predicted molar refractivity (Wildman–Crippen MR) is 126 cm³/mol. The number of nitrogens with zero attached hydrogens (tertiary/aromatic N) is 6. The van der Waals surface area contributed by atoms with Crippen molar-refractivity contribution in [1.82, 2.24) is 29.4 Å². The number of likely N-dealkylation sites (N-methyl/N-ethyl adjacent to an activating group) is 1. The molecule has 0 spiro atoms. The molecule has 0 aliphatic carbocycles. The van der Waals surface area contributed by atoms with Gasteiger partial charge in [0.2, 0.25) is 0 Å². The van der Waals surface area contributed by atoms with Gasteiger partial charge in [0.25, 0.3) is 0 Å². The molecule has 35 heavy (non-hydrogen) atoms. The average Bonchev–Trinajstić information content (AvgIpc) is 3.19. The number of fused-ring (bicyclic) bond motifs is 1. The zero-order valence-electron chi connectivity index (χ0n) is 19.8. The number of morpholine rings is 1. The van der Waals surface area contributed by atoms with Crippen molar-refractivity contribution in [2.45, 2.75) is 26.5 Å². The molecule has 0 amide bonds. The van der Waals surface area contributed by atoms with Crippen LogP contribution in [0.1, 0.15) is 29.8 Å². The van der Waals surface area contributed by atoms with Crippen LogP contribution in [0.4, 0.5) is 8.78 Å². The lowest BCUT2D eigenvalue weighted by Gasteiger charge is -2.30. The van der Waals surface area contributed by atoms with Gasteiger partial charge >= 0.3 is 6.01 Å². The zero-order chi connectivity index (χ0) is 24.5. The Hall–Kier alpha value is -3.50. The van der Waals surface area contributed by atoms with Gasteiger partial charge in [-0.05, 0) is 38.6 Å². The first-order chi connectivity index (χ1) is 16.9. The quantitative estimate of drug-likeness (QED) is 0.414. The molecule has 1 aromatic carbocycles. The number of hydrogen-bond acceptors (Lipinski definition) is 7. The highest BCUT2D eigenvalue weighted by molar-refractivity contribution is 5.79. The number of aromatic nitrogens is 5. The van der Waals surface area contributed by atoms with Crippen molar-refractivity contribution in [2.24, 2.45) is 0 Å². The van der Waals surface area contributed by atoms with Gasteiger partial charge in [-0.1, -0.05) is 12.1 Å². The van der Waals surface area contributed by atoms with E-state index in [1.54, 1.807) is 17.6 Å². The van der Waals surface area contributed by atoms with Crippen LogP contribution in [0.5, 0.6) is 6.01 Å². The first kappa shape index (κ1) is 23.3. The minimum absolute atomic E-state index is 0.127. The summed E-state index contributed by atoms with van der Waals surface area (Å²) >= 11 is 0. The third-order valence-electron chi connectivity index (χ3n) is 6.03. The Morgan fingerprint density at radius 2 is 2.00 bits per heavy atom. The number of imidazole rings is 1. The van der Waals surface area contributed by atoms with E-state index in [-0.39, 0.29) is 24.5 Å². The summed E-state index contributed by atoms with van der Waals surface area (Å²) in [6.45, 7) is 6.34. The van der Waals surface area contributed by atoms with E-state index < -0.39 is 5.82 Å². The molecule has 0 radical (unpaired) electrons. The topological polar surface area (TPSA) is 78.2 Å². The summed E-state index contributed by atoms with van der Waals surface area (Å²) in [5.74, 6) is -0.439. The zero-order valence-corrected chi connectivity index (χ0v) is 19.8. The molecule has 0 N–H and O–H groups in total. The Bertz CT molecular complexity index is 1380. The molecule has 4 aromatic rings. The second-order valence-electron chi connectivity index (χ2n) is 8.58. The summed E-state index contributed by atoms with van der Waals surface area (Å²) < 4.78 is 42.4. The molecule has 1 aliphatic heterocycles. The first-order valence-electron chi connectivity index (χ1n) is 11.5. The SMILES string of the molecule is CCOc1nc(C)c2nc(-c3cncc(F)c3)n(Cc3ccc(C4CN(C)CCO4)cc3F)c2n1. The maximum atomic E-state index is 15.3. The minimum Gasteiger partial charge on any atom is -0.464 e. The summed E-state index contributed by atoms with van der Waals surface area (Å²) in [7, 11) is 2.02. The molecule has 5 rings (SSSR count). The normalized spacial score (nSPS) is 16.7. The highest BCUT2D eigenvalue weighted by Crippen LogP contribution is 2.29. The van der Waals surface area contributed by atoms with Gasteiger partial charge in [0.05, 0.1) is 37.8 Å². The molecule has 0 bridgehead atoms. The van der Waals surface area contributed by atoms with E-state index in [1.807, 2.05) is 20.0 Å². The summed E-state index contributed by atoms with van der Waals surface area (Å²) in [4.78, 5) is 19.7. The molecular formula is C25H26F2N6O2. The van der Waals surface area contributed by atoms with Crippen molar-refractivity contribution in [3.05, 3.63) is 65.1 Å². The summed E-state index contributed by atoms with van der Waals surface area (Å²) in [6, 6.07) is 6.70. The fourth-order valence-corrected chi connectivity index (χ4v) is 4.25. The lowest BCUT2D eigenvalue weighted by atomic mass is 10.0. The predicted octanol–water partition coefficient (Wildman–Crippen LogP) is 3.93. The molecule has 3 aromatic heterocycles. The summed E-state index contributed by atoms with van der Waals surface area (Å²) in [6.07, 6.45) is 2.46. The van der Waals surface area contributed by atoms with Crippen molar-refractivity contribution in [3.8, 4) is 17.4 Å². The second-order valence-corrected chi connectivity index (χ2v) is 8.58. The molecule has 1 saturated heterocycles. The number of rotatable bonds is 6. The van der Waals surface area contributed by atoms with Crippen LogP contribution in [0.2, 0.25) is 0 Å². The lowest BCUT2D eigenvalue weighted by Crippen LogP contribution is -2.35. The Labute approximate surface area is 201 Å². The molecule has 182 valence electrons. The maximum Gasteiger partial charge on any atom is 0.318 e. The van der Waals surface area contributed by atoms with Crippen LogP contribution in [0.15, 0.2) is 36.7 Å². The Kier molecular flexibility index (Phi) is 6.40. The Morgan fingerprint density at radius 1 is 1.14 bits per heavy atom. The van der Waals surface area contributed by atoms with Crippen LogP contribution < -0.4 is 4.74 Å². The molecule has 8 nitrogen and oxygen atoms in total. The van der Waals surface area contributed by atoms with Crippen LogP contribution in [0.3, 0.4) is 0 Å². The molecule has 1 unspecified atom stereocenters. The number of ether oxygens (including phenoxy) is 2. The van der Waals surface area contributed by atoms with Crippen molar-refractivity contribution >= 4 is 11.2 Å². The molecule has 4 heterocycles. The number of aryl methyl sites for hydroxylation is 1. The highest BCUT2D eigenvalue weighted by Gasteiger charge is 2.23. The monoisotopic (exact) mass is 480 g/mol. The van der Waals surface area contributed by atoms with Gasteiger partial charge in [0.15, 0.2) is 5.65 Å². The van der Waals surface area contributed by atoms with Crippen molar-refractivity contribution in [3.63, 3.8) is 0 Å². The number of hydrogen-bond donors (Lipinski definition) is 0. The van der Waals surface area contributed by atoms with Gasteiger partial charge in [-0.25, -0.2) is 13.8 Å². The van der Waals surface area contributed by atoms with Gasteiger partial charge in [-0.15, -0.1) is 0 Å². The van der Waals surface area contributed by atoms with Crippen molar-refractivity contribution < 1.29 is 18.3 Å². The molecule has 1 atom stereocenters. The van der Waals surface area contributed by atoms with Crippen LogP contribution in [-0.2, 0) is 11.3 Å². The summed E-state index contributed by atoms with van der Waals surface area (Å²) in [5.41, 5.74) is 3.30. The van der Waals surface area contributed by atoms with Crippen molar-refractivity contribution in [1.29, 1.82) is 0 Å². The second kappa shape index (κ2) is 9.63. The van der Waals surface area contributed by atoms with Crippen LogP contribution >= 0.6 is 0 Å². The fourth-order valence-electron chi connectivity index (χ4n) is 4.25. The van der Waals surface area contributed by atoms with E-state index >= 15 is 4.39 Å². The number of pyridine rings is 1. The van der Waals surface area contributed by atoms with Gasteiger partial charge in [-0.3, -0.25) is 4.98 Å². The summed E-state index contributed by atoms with van der Waals surface area (Å²) in [5, 5.41) is 0. The lowest BCUT2D eigenvalue weighted by molar-refractivity contribution is -0.0210. The third kappa shape index (κ3) is 4.71. The highest BCUT2D eigenvalue weighted by atomic mass is 19.1. The molecule has 1 aliphatic rings. The number of benzene rings is 1. The average molecular weight is 481 g/mol. The Balaban J connectivity index is 1.58. The van der Waals surface area contributed by atoms with Crippen LogP contribution in [-0.4, -0.2) is 62.8 Å². The van der Waals surface area contributed by atoms with E-state index in [0.29, 0.717) is 53.6 Å². The maximum absolute atomic E-state index is 15.3. The van der Waals surface area contributed by atoms with Crippen LogP contribution in [0.25, 0.3) is 22.6 Å². The minimum atomic E-state index is -0.494. The van der Waals surface area contributed by atoms with Crippen LogP contribution in [0, 0.1) is 18.6 Å². The standard InChI is InChI=1S/C25H26F2N6O2/c1-4-34-25-29-15(2)22-24(31-25)33(23(30-22)18-9-19(26)12-28-11-18)13-17-6-5-16(10-20(17)27)21-14-32(3)7-8-35-21/h5-6,9-12,21H,4,7-8,13-14H2,1-3H3. The molecule has 1 fully saturated rings.